The van der Waals surface area contributed by atoms with Gasteiger partial charge in [0.1, 0.15) is 0 Å². The van der Waals surface area contributed by atoms with Crippen molar-refractivity contribution in [3.05, 3.63) is 24.0 Å². The van der Waals surface area contributed by atoms with E-state index in [4.69, 9.17) is 5.84 Å². The fourth-order valence-electron chi connectivity index (χ4n) is 1.72. The number of nitrogen functional groups attached to an aromatic ring is 1. The predicted octanol–water partition coefficient (Wildman–Crippen LogP) is -0.0685. The van der Waals surface area contributed by atoms with Crippen molar-refractivity contribution in [2.45, 2.75) is 6.54 Å². The third-order valence-electron chi connectivity index (χ3n) is 2.64. The Morgan fingerprint density at radius 1 is 1.50 bits per heavy atom. The van der Waals surface area contributed by atoms with Crippen LogP contribution in [0, 0.1) is 0 Å². The summed E-state index contributed by atoms with van der Waals surface area (Å²) in [6.45, 7) is 2.57. The molecule has 1 aromatic heterocycles. The standard InChI is InChI=1S/C10H16N4OS/c11-13-9-1-2-12-10(7-9)8-14-3-5-16(15)6-4-14/h1-2,7H,3-6,8,11H2,(H,12,13). The topological polar surface area (TPSA) is 71.2 Å². The Kier molecular flexibility index (Phi) is 3.87. The third-order valence-corrected chi connectivity index (χ3v) is 3.92. The minimum atomic E-state index is -0.619. The van der Waals surface area contributed by atoms with Crippen molar-refractivity contribution in [3.8, 4) is 0 Å². The fraction of sp³-hybridized carbons (Fsp3) is 0.500. The lowest BCUT2D eigenvalue weighted by molar-refractivity contribution is 0.288. The molecule has 6 heteroatoms. The Morgan fingerprint density at radius 3 is 2.94 bits per heavy atom. The highest BCUT2D eigenvalue weighted by Gasteiger charge is 2.15. The van der Waals surface area contributed by atoms with Gasteiger partial charge in [-0.1, -0.05) is 0 Å². The predicted molar refractivity (Wildman–Crippen MR) is 65.2 cm³/mol. The molecule has 0 spiro atoms. The maximum Gasteiger partial charge on any atom is 0.0564 e. The minimum Gasteiger partial charge on any atom is -0.324 e. The van der Waals surface area contributed by atoms with Gasteiger partial charge in [-0.15, -0.1) is 0 Å². The van der Waals surface area contributed by atoms with Crippen molar-refractivity contribution in [2.24, 2.45) is 5.84 Å². The van der Waals surface area contributed by atoms with Crippen molar-refractivity contribution in [1.82, 2.24) is 9.88 Å². The zero-order chi connectivity index (χ0) is 11.4. The number of pyridine rings is 1. The Labute approximate surface area is 97.5 Å². The molecule has 16 heavy (non-hydrogen) atoms. The molecule has 5 nitrogen and oxygen atoms in total. The van der Waals surface area contributed by atoms with E-state index in [2.05, 4.69) is 15.3 Å². The number of hydrazine groups is 1. The van der Waals surface area contributed by atoms with Crippen molar-refractivity contribution in [1.29, 1.82) is 0 Å². The van der Waals surface area contributed by atoms with Gasteiger partial charge in [0.25, 0.3) is 0 Å². The van der Waals surface area contributed by atoms with Gasteiger partial charge in [0.2, 0.25) is 0 Å². The molecule has 1 aromatic rings. The molecule has 0 amide bonds. The summed E-state index contributed by atoms with van der Waals surface area (Å²) in [7, 11) is -0.619. The van der Waals surface area contributed by atoms with Crippen molar-refractivity contribution in [2.75, 3.05) is 30.0 Å². The van der Waals surface area contributed by atoms with Gasteiger partial charge in [-0.05, 0) is 12.1 Å². The summed E-state index contributed by atoms with van der Waals surface area (Å²) in [6, 6.07) is 3.76. The highest BCUT2D eigenvalue weighted by molar-refractivity contribution is 7.85. The molecular formula is C10H16N4OS. The number of nitrogens with zero attached hydrogens (tertiary/aromatic N) is 2. The second-order valence-corrected chi connectivity index (χ2v) is 5.50. The number of rotatable bonds is 3. The van der Waals surface area contributed by atoms with Crippen LogP contribution in [0.5, 0.6) is 0 Å². The number of nitrogens with one attached hydrogen (secondary N) is 1. The molecule has 0 aromatic carbocycles. The first-order valence-electron chi connectivity index (χ1n) is 5.27. The third kappa shape index (κ3) is 3.01. The van der Waals surface area contributed by atoms with Crippen LogP contribution in [0.25, 0.3) is 0 Å². The lowest BCUT2D eigenvalue weighted by Gasteiger charge is -2.25. The zero-order valence-electron chi connectivity index (χ0n) is 9.06. The average molecular weight is 240 g/mol. The Balaban J connectivity index is 1.95. The fourth-order valence-corrected chi connectivity index (χ4v) is 2.85. The van der Waals surface area contributed by atoms with Crippen LogP contribution >= 0.6 is 0 Å². The molecule has 1 aliphatic heterocycles. The molecule has 2 heterocycles. The van der Waals surface area contributed by atoms with E-state index in [1.54, 1.807) is 6.20 Å². The molecule has 88 valence electrons. The largest absolute Gasteiger partial charge is 0.324 e. The van der Waals surface area contributed by atoms with Crippen LogP contribution in [0.4, 0.5) is 5.69 Å². The molecule has 3 N–H and O–H groups in total. The van der Waals surface area contributed by atoms with Crippen LogP contribution in [0.2, 0.25) is 0 Å². The van der Waals surface area contributed by atoms with Crippen molar-refractivity contribution >= 4 is 16.5 Å². The lowest BCUT2D eigenvalue weighted by Crippen LogP contribution is -2.37. The molecule has 1 saturated heterocycles. The number of aromatic nitrogens is 1. The van der Waals surface area contributed by atoms with E-state index in [9.17, 15) is 4.21 Å². The molecule has 0 aliphatic carbocycles. The van der Waals surface area contributed by atoms with Crippen LogP contribution in [0.3, 0.4) is 0 Å². The number of hydrogen-bond donors (Lipinski definition) is 2. The van der Waals surface area contributed by atoms with E-state index >= 15 is 0 Å². The molecule has 2 rings (SSSR count). The highest BCUT2D eigenvalue weighted by atomic mass is 32.2. The summed E-state index contributed by atoms with van der Waals surface area (Å²) in [5, 5.41) is 0. The molecule has 0 atom stereocenters. The van der Waals surface area contributed by atoms with E-state index in [1.165, 1.54) is 0 Å². The minimum absolute atomic E-state index is 0.619. The van der Waals surface area contributed by atoms with E-state index in [1.807, 2.05) is 12.1 Å². The first-order valence-corrected chi connectivity index (χ1v) is 6.75. The Hall–Kier alpha value is -0.980. The molecule has 1 fully saturated rings. The Bertz CT molecular complexity index is 375. The molecule has 1 aliphatic rings. The van der Waals surface area contributed by atoms with E-state index in [0.29, 0.717) is 0 Å². The second kappa shape index (κ2) is 5.38. The summed E-state index contributed by atoms with van der Waals surface area (Å²) in [4.78, 5) is 6.56. The average Bonchev–Trinajstić information content (AvgIpc) is 2.32. The lowest BCUT2D eigenvalue weighted by atomic mass is 10.3. The van der Waals surface area contributed by atoms with Gasteiger partial charge in [-0.25, -0.2) is 0 Å². The van der Waals surface area contributed by atoms with E-state index < -0.39 is 10.8 Å². The van der Waals surface area contributed by atoms with Crippen molar-refractivity contribution in [3.63, 3.8) is 0 Å². The monoisotopic (exact) mass is 240 g/mol. The second-order valence-electron chi connectivity index (χ2n) is 3.80. The summed E-state index contributed by atoms with van der Waals surface area (Å²) in [5.74, 6) is 6.88. The van der Waals surface area contributed by atoms with Crippen LogP contribution < -0.4 is 11.3 Å². The number of nitrogens with two attached hydrogens (primary N) is 1. The SMILES string of the molecule is NNc1ccnc(CN2CCS(=O)CC2)c1. The maximum atomic E-state index is 11.2. The van der Waals surface area contributed by atoms with Gasteiger partial charge in [0.15, 0.2) is 0 Å². The molecule has 0 saturated carbocycles. The summed E-state index contributed by atoms with van der Waals surface area (Å²) in [5.41, 5.74) is 4.46. The quantitative estimate of drug-likeness (QED) is 0.572. The van der Waals surface area contributed by atoms with Gasteiger partial charge in [0, 0.05) is 48.1 Å². The summed E-state index contributed by atoms with van der Waals surface area (Å²) < 4.78 is 11.2. The van der Waals surface area contributed by atoms with Gasteiger partial charge >= 0.3 is 0 Å². The molecular weight excluding hydrogens is 224 g/mol. The maximum absolute atomic E-state index is 11.2. The van der Waals surface area contributed by atoms with Gasteiger partial charge < -0.3 is 5.43 Å². The summed E-state index contributed by atoms with van der Waals surface area (Å²) in [6.07, 6.45) is 1.74. The van der Waals surface area contributed by atoms with Crippen LogP contribution in [-0.4, -0.2) is 38.7 Å². The molecule has 0 unspecified atom stereocenters. The first-order chi connectivity index (χ1) is 7.78. The number of anilines is 1. The zero-order valence-corrected chi connectivity index (χ0v) is 9.87. The van der Waals surface area contributed by atoms with Crippen LogP contribution in [0.1, 0.15) is 5.69 Å². The smallest absolute Gasteiger partial charge is 0.0564 e. The van der Waals surface area contributed by atoms with Crippen LogP contribution in [-0.2, 0) is 17.3 Å². The highest BCUT2D eigenvalue weighted by Crippen LogP contribution is 2.10. The number of hydrogen-bond acceptors (Lipinski definition) is 5. The van der Waals surface area contributed by atoms with Crippen LogP contribution in [0.15, 0.2) is 18.3 Å². The molecule has 0 bridgehead atoms. The van der Waals surface area contributed by atoms with Gasteiger partial charge in [-0.3, -0.25) is 19.9 Å². The van der Waals surface area contributed by atoms with Gasteiger partial charge in [-0.2, -0.15) is 0 Å². The van der Waals surface area contributed by atoms with Crippen molar-refractivity contribution < 1.29 is 4.21 Å². The van der Waals surface area contributed by atoms with E-state index in [0.717, 1.165) is 42.5 Å². The first kappa shape index (κ1) is 11.5. The van der Waals surface area contributed by atoms with Gasteiger partial charge in [0.05, 0.1) is 11.4 Å². The Morgan fingerprint density at radius 2 is 2.25 bits per heavy atom. The van der Waals surface area contributed by atoms with E-state index in [-0.39, 0.29) is 0 Å². The molecule has 0 radical (unpaired) electrons. The summed E-state index contributed by atoms with van der Waals surface area (Å²) >= 11 is 0. The normalized spacial score (nSPS) is 18.6.